The fraction of sp³-hybridized carbons (Fsp3) is 0.0833. The summed E-state index contributed by atoms with van der Waals surface area (Å²) in [7, 11) is 1.61. The maximum atomic E-state index is 13.8. The molecule has 5 heteroatoms. The zero-order valence-electron chi connectivity index (χ0n) is 8.88. The summed E-state index contributed by atoms with van der Waals surface area (Å²) >= 11 is 6.44. The van der Waals surface area contributed by atoms with Crippen LogP contribution in [0.2, 0.25) is 0 Å². The van der Waals surface area contributed by atoms with Gasteiger partial charge in [0.1, 0.15) is 5.82 Å². The van der Waals surface area contributed by atoms with Gasteiger partial charge in [0.05, 0.1) is 10.2 Å². The second-order valence-electron chi connectivity index (χ2n) is 3.53. The van der Waals surface area contributed by atoms with E-state index in [1.54, 1.807) is 31.3 Å². The summed E-state index contributed by atoms with van der Waals surface area (Å²) in [4.78, 5) is 11.8. The largest absolute Gasteiger partial charge is 0.310 e. The van der Waals surface area contributed by atoms with E-state index in [0.29, 0.717) is 20.2 Å². The highest BCUT2D eigenvalue weighted by Gasteiger charge is 2.13. The maximum Gasteiger partial charge on any atom is 0.265 e. The molecule has 0 spiro atoms. The van der Waals surface area contributed by atoms with Crippen LogP contribution in [0.25, 0.3) is 11.3 Å². The fourth-order valence-electron chi connectivity index (χ4n) is 1.60. The lowest BCUT2D eigenvalue weighted by atomic mass is 10.1. The van der Waals surface area contributed by atoms with Crippen molar-refractivity contribution in [1.29, 1.82) is 0 Å². The van der Waals surface area contributed by atoms with Gasteiger partial charge < -0.3 is 4.57 Å². The summed E-state index contributed by atoms with van der Waals surface area (Å²) in [6, 6.07) is 8.04. The zero-order valence-corrected chi connectivity index (χ0v) is 12.0. The Balaban J connectivity index is 2.79. The van der Waals surface area contributed by atoms with Gasteiger partial charge in [-0.3, -0.25) is 4.79 Å². The number of pyridine rings is 1. The molecule has 0 saturated carbocycles. The number of aromatic nitrogens is 1. The molecule has 1 aromatic carbocycles. The number of halogens is 3. The van der Waals surface area contributed by atoms with Gasteiger partial charge >= 0.3 is 0 Å². The molecule has 0 aliphatic rings. The fourth-order valence-corrected chi connectivity index (χ4v) is 2.54. The molecule has 0 aliphatic carbocycles. The van der Waals surface area contributed by atoms with Gasteiger partial charge in [-0.1, -0.05) is 6.07 Å². The van der Waals surface area contributed by atoms with Gasteiger partial charge in [0.15, 0.2) is 0 Å². The molecule has 2 aromatic rings. The van der Waals surface area contributed by atoms with Crippen LogP contribution in [0, 0.1) is 5.82 Å². The molecule has 0 radical (unpaired) electrons. The standard InChI is InChI=1S/C12H8Br2FNO/c1-16-10(6-5-8(14)12(16)17)11-7(13)3-2-4-9(11)15/h2-6H,1H3. The molecular weight excluding hydrogens is 353 g/mol. The number of rotatable bonds is 1. The smallest absolute Gasteiger partial charge is 0.265 e. The lowest BCUT2D eigenvalue weighted by Crippen LogP contribution is -2.19. The lowest BCUT2D eigenvalue weighted by molar-refractivity contribution is 0.628. The van der Waals surface area contributed by atoms with E-state index in [-0.39, 0.29) is 11.4 Å². The van der Waals surface area contributed by atoms with Crippen LogP contribution >= 0.6 is 31.9 Å². The molecule has 0 atom stereocenters. The summed E-state index contributed by atoms with van der Waals surface area (Å²) in [6.45, 7) is 0. The van der Waals surface area contributed by atoms with Crippen LogP contribution in [-0.4, -0.2) is 4.57 Å². The summed E-state index contributed by atoms with van der Waals surface area (Å²) in [5, 5.41) is 0. The van der Waals surface area contributed by atoms with E-state index in [1.807, 2.05) is 0 Å². The third-order valence-corrected chi connectivity index (χ3v) is 3.74. The first-order chi connectivity index (χ1) is 8.02. The van der Waals surface area contributed by atoms with Crippen LogP contribution in [0.3, 0.4) is 0 Å². The predicted octanol–water partition coefficient (Wildman–Crippen LogP) is 3.72. The quantitative estimate of drug-likeness (QED) is 0.759. The minimum atomic E-state index is -0.364. The SMILES string of the molecule is Cn1c(-c2c(F)cccc2Br)ccc(Br)c1=O. The monoisotopic (exact) mass is 359 g/mol. The van der Waals surface area contributed by atoms with E-state index >= 15 is 0 Å². The van der Waals surface area contributed by atoms with E-state index < -0.39 is 0 Å². The van der Waals surface area contributed by atoms with Crippen molar-refractivity contribution in [2.45, 2.75) is 0 Å². The van der Waals surface area contributed by atoms with Crippen LogP contribution in [0.1, 0.15) is 0 Å². The van der Waals surface area contributed by atoms with E-state index in [1.165, 1.54) is 10.6 Å². The van der Waals surface area contributed by atoms with Crippen LogP contribution in [-0.2, 0) is 7.05 Å². The Kier molecular flexibility index (Phi) is 3.49. The van der Waals surface area contributed by atoms with Crippen LogP contribution in [0.15, 0.2) is 44.1 Å². The Morgan fingerprint density at radius 3 is 2.47 bits per heavy atom. The molecule has 0 aliphatic heterocycles. The van der Waals surface area contributed by atoms with Crippen molar-refractivity contribution in [1.82, 2.24) is 4.57 Å². The third kappa shape index (κ3) is 2.21. The molecule has 0 saturated heterocycles. The molecule has 17 heavy (non-hydrogen) atoms. The Hall–Kier alpha value is -0.940. The zero-order chi connectivity index (χ0) is 12.6. The molecule has 2 nitrogen and oxygen atoms in total. The summed E-state index contributed by atoms with van der Waals surface area (Å²) in [5.74, 6) is -0.364. The first-order valence-electron chi connectivity index (χ1n) is 4.82. The lowest BCUT2D eigenvalue weighted by Gasteiger charge is -2.11. The van der Waals surface area contributed by atoms with Crippen molar-refractivity contribution in [3.63, 3.8) is 0 Å². The minimum Gasteiger partial charge on any atom is -0.310 e. The molecule has 0 unspecified atom stereocenters. The average molecular weight is 361 g/mol. The Morgan fingerprint density at radius 2 is 1.82 bits per heavy atom. The van der Waals surface area contributed by atoms with Crippen LogP contribution < -0.4 is 5.56 Å². The Bertz CT molecular complexity index is 617. The molecule has 0 amide bonds. The first-order valence-corrected chi connectivity index (χ1v) is 6.41. The molecule has 0 fully saturated rings. The maximum absolute atomic E-state index is 13.8. The Morgan fingerprint density at radius 1 is 1.12 bits per heavy atom. The van der Waals surface area contributed by atoms with Crippen molar-refractivity contribution in [3.8, 4) is 11.3 Å². The highest BCUT2D eigenvalue weighted by Crippen LogP contribution is 2.30. The van der Waals surface area contributed by atoms with Crippen molar-refractivity contribution in [3.05, 3.63) is 55.4 Å². The summed E-state index contributed by atoms with van der Waals surface area (Å²) in [5.41, 5.74) is 0.723. The van der Waals surface area contributed by atoms with E-state index in [9.17, 15) is 9.18 Å². The normalized spacial score (nSPS) is 10.6. The van der Waals surface area contributed by atoms with Crippen LogP contribution in [0.4, 0.5) is 4.39 Å². The van der Waals surface area contributed by atoms with E-state index in [4.69, 9.17) is 0 Å². The van der Waals surface area contributed by atoms with E-state index in [2.05, 4.69) is 31.9 Å². The topological polar surface area (TPSA) is 22.0 Å². The van der Waals surface area contributed by atoms with Crippen molar-refractivity contribution in [2.24, 2.45) is 7.05 Å². The van der Waals surface area contributed by atoms with Crippen molar-refractivity contribution >= 4 is 31.9 Å². The van der Waals surface area contributed by atoms with Gasteiger partial charge in [-0.05, 0) is 56.1 Å². The van der Waals surface area contributed by atoms with Gasteiger partial charge in [0.2, 0.25) is 0 Å². The first kappa shape index (κ1) is 12.5. The second kappa shape index (κ2) is 4.74. The number of hydrogen-bond donors (Lipinski definition) is 0. The van der Waals surface area contributed by atoms with Gasteiger partial charge in [-0.2, -0.15) is 0 Å². The highest BCUT2D eigenvalue weighted by atomic mass is 79.9. The number of hydrogen-bond acceptors (Lipinski definition) is 1. The molecule has 2 rings (SSSR count). The van der Waals surface area contributed by atoms with Crippen molar-refractivity contribution < 1.29 is 4.39 Å². The molecule has 0 N–H and O–H groups in total. The van der Waals surface area contributed by atoms with Gasteiger partial charge in [0.25, 0.3) is 5.56 Å². The second-order valence-corrected chi connectivity index (χ2v) is 5.24. The van der Waals surface area contributed by atoms with Gasteiger partial charge in [-0.25, -0.2) is 4.39 Å². The number of nitrogens with zero attached hydrogens (tertiary/aromatic N) is 1. The predicted molar refractivity (Wildman–Crippen MR) is 72.5 cm³/mol. The third-order valence-electron chi connectivity index (χ3n) is 2.48. The molecular formula is C12H8Br2FNO. The highest BCUT2D eigenvalue weighted by molar-refractivity contribution is 9.10. The summed E-state index contributed by atoms with van der Waals surface area (Å²) in [6.07, 6.45) is 0. The number of benzene rings is 1. The molecule has 88 valence electrons. The van der Waals surface area contributed by atoms with Gasteiger partial charge in [0, 0.05) is 17.1 Å². The Labute approximate surface area is 114 Å². The average Bonchev–Trinajstić information content (AvgIpc) is 2.29. The molecule has 1 heterocycles. The van der Waals surface area contributed by atoms with Crippen LogP contribution in [0.5, 0.6) is 0 Å². The van der Waals surface area contributed by atoms with E-state index in [0.717, 1.165) is 0 Å². The summed E-state index contributed by atoms with van der Waals surface area (Å²) < 4.78 is 16.3. The van der Waals surface area contributed by atoms with Crippen molar-refractivity contribution in [2.75, 3.05) is 0 Å². The molecule has 1 aromatic heterocycles. The molecule has 0 bridgehead atoms. The van der Waals surface area contributed by atoms with Gasteiger partial charge in [-0.15, -0.1) is 0 Å². The minimum absolute atomic E-state index is 0.197.